The van der Waals surface area contributed by atoms with E-state index in [1.165, 1.54) is 22.3 Å². The van der Waals surface area contributed by atoms with Crippen molar-refractivity contribution in [3.8, 4) is 5.88 Å². The van der Waals surface area contributed by atoms with Crippen LogP contribution in [0.4, 0.5) is 11.4 Å². The molecule has 2 heterocycles. The van der Waals surface area contributed by atoms with Gasteiger partial charge >= 0.3 is 0 Å². The van der Waals surface area contributed by atoms with Gasteiger partial charge < -0.3 is 15.8 Å². The molecule has 4 N–H and O–H groups in total. The van der Waals surface area contributed by atoms with E-state index >= 15 is 0 Å². The molecule has 0 amide bonds. The molecule has 1 aliphatic heterocycles. The maximum absolute atomic E-state index is 10.4. The highest BCUT2D eigenvalue weighted by Gasteiger charge is 2.16. The fourth-order valence-electron chi connectivity index (χ4n) is 4.77. The van der Waals surface area contributed by atoms with Gasteiger partial charge in [-0.15, -0.1) is 0 Å². The van der Waals surface area contributed by atoms with Crippen LogP contribution < -0.4 is 5.73 Å². The average molecular weight is 439 g/mol. The number of aromatic amines is 1. The van der Waals surface area contributed by atoms with Crippen molar-refractivity contribution in [2.75, 3.05) is 18.8 Å². The van der Waals surface area contributed by atoms with Gasteiger partial charge in [-0.05, 0) is 73.7 Å². The van der Waals surface area contributed by atoms with E-state index in [2.05, 4.69) is 47.2 Å². The number of rotatable bonds is 4. The predicted molar refractivity (Wildman–Crippen MR) is 137 cm³/mol. The Morgan fingerprint density at radius 2 is 1.94 bits per heavy atom. The van der Waals surface area contributed by atoms with E-state index in [-0.39, 0.29) is 5.88 Å². The summed E-state index contributed by atoms with van der Waals surface area (Å²) >= 11 is 0. The highest BCUT2D eigenvalue weighted by molar-refractivity contribution is 6.13. The Morgan fingerprint density at radius 3 is 2.76 bits per heavy atom. The normalized spacial score (nSPS) is 17.3. The minimum Gasteiger partial charge on any atom is -0.494 e. The van der Waals surface area contributed by atoms with E-state index < -0.39 is 0 Å². The quantitative estimate of drug-likeness (QED) is 0.345. The molecule has 0 spiro atoms. The van der Waals surface area contributed by atoms with Crippen molar-refractivity contribution in [2.45, 2.75) is 33.2 Å². The number of hydrogen-bond donors (Lipinski definition) is 3. The molecule has 5 nitrogen and oxygen atoms in total. The van der Waals surface area contributed by atoms with Crippen LogP contribution in [-0.2, 0) is 6.54 Å². The first-order valence-electron chi connectivity index (χ1n) is 11.5. The van der Waals surface area contributed by atoms with Crippen molar-refractivity contribution in [3.63, 3.8) is 0 Å². The van der Waals surface area contributed by atoms with Gasteiger partial charge in [-0.1, -0.05) is 35.9 Å². The number of nitrogens with zero attached hydrogens (tertiary/aromatic N) is 2. The highest BCUT2D eigenvalue weighted by Crippen LogP contribution is 2.31. The van der Waals surface area contributed by atoms with Crippen LogP contribution in [0.2, 0.25) is 0 Å². The minimum absolute atomic E-state index is 0.116. The van der Waals surface area contributed by atoms with Crippen LogP contribution in [-0.4, -0.2) is 33.8 Å². The summed E-state index contributed by atoms with van der Waals surface area (Å²) in [5.41, 5.74) is 15.4. The van der Waals surface area contributed by atoms with Crippen molar-refractivity contribution in [1.82, 2.24) is 9.88 Å². The predicted octanol–water partition coefficient (Wildman–Crippen LogP) is 6.00. The number of fused-ring (bicyclic) bond motifs is 2. The summed E-state index contributed by atoms with van der Waals surface area (Å²) in [4.78, 5) is 10.3. The monoisotopic (exact) mass is 438 g/mol. The third-order valence-corrected chi connectivity index (χ3v) is 6.56. The van der Waals surface area contributed by atoms with Crippen molar-refractivity contribution in [1.29, 1.82) is 0 Å². The summed E-state index contributed by atoms with van der Waals surface area (Å²) in [5.74, 6) is 0.116. The number of anilines is 1. The zero-order valence-corrected chi connectivity index (χ0v) is 19.2. The zero-order chi connectivity index (χ0) is 22.9. The number of aromatic nitrogens is 1. The van der Waals surface area contributed by atoms with Crippen molar-refractivity contribution in [3.05, 3.63) is 88.5 Å². The molecule has 0 saturated carbocycles. The number of nitrogens with one attached hydrogen (secondary N) is 1. The molecule has 5 rings (SSSR count). The molecule has 2 aliphatic rings. The zero-order valence-electron chi connectivity index (χ0n) is 19.2. The third-order valence-electron chi connectivity index (χ3n) is 6.56. The van der Waals surface area contributed by atoms with Crippen LogP contribution >= 0.6 is 0 Å². The van der Waals surface area contributed by atoms with E-state index in [0.29, 0.717) is 11.3 Å². The van der Waals surface area contributed by atoms with E-state index in [9.17, 15) is 5.11 Å². The molecule has 5 heteroatoms. The van der Waals surface area contributed by atoms with Gasteiger partial charge in [0, 0.05) is 36.2 Å². The van der Waals surface area contributed by atoms with Gasteiger partial charge in [-0.2, -0.15) is 0 Å². The second-order valence-corrected chi connectivity index (χ2v) is 9.05. The largest absolute Gasteiger partial charge is 0.494 e. The van der Waals surface area contributed by atoms with E-state index in [0.717, 1.165) is 54.8 Å². The van der Waals surface area contributed by atoms with Crippen LogP contribution in [0.5, 0.6) is 5.88 Å². The topological polar surface area (TPSA) is 77.6 Å². The maximum atomic E-state index is 10.4. The number of hydrogen-bond acceptors (Lipinski definition) is 4. The molecular weight excluding hydrogens is 408 g/mol. The van der Waals surface area contributed by atoms with Gasteiger partial charge in [0.05, 0.1) is 17.0 Å². The van der Waals surface area contributed by atoms with Crippen LogP contribution in [0.25, 0.3) is 10.9 Å². The van der Waals surface area contributed by atoms with Gasteiger partial charge in [0.2, 0.25) is 0 Å². The Balaban J connectivity index is 1.30. The molecule has 1 aliphatic carbocycles. The lowest BCUT2D eigenvalue weighted by atomic mass is 9.93. The van der Waals surface area contributed by atoms with Crippen molar-refractivity contribution in [2.24, 2.45) is 4.99 Å². The molecule has 0 saturated heterocycles. The fraction of sp³-hybridized carbons (Fsp3) is 0.250. The standard InChI is InChI=1S/C28H30N4O/c1-18-3-6-21-11-13-32(14-12-22(21)15-18)17-20-4-8-24(9-5-20)30-19(2)27-25-16-23(29)7-10-26(25)31-28(27)33/h3-5,7-11,15-16,31,33H,6,12-14,17,29H2,1-2H3. The Hall–Kier alpha value is -3.57. The van der Waals surface area contributed by atoms with E-state index in [1.54, 1.807) is 0 Å². The van der Waals surface area contributed by atoms with E-state index in [1.807, 2.05) is 37.3 Å². The second-order valence-electron chi connectivity index (χ2n) is 9.05. The number of aliphatic imine (C=N–C) groups is 1. The summed E-state index contributed by atoms with van der Waals surface area (Å²) in [6.07, 6.45) is 9.22. The van der Waals surface area contributed by atoms with Gasteiger partial charge in [0.15, 0.2) is 5.88 Å². The van der Waals surface area contributed by atoms with Crippen LogP contribution in [0.3, 0.4) is 0 Å². The molecule has 0 radical (unpaired) electrons. The minimum atomic E-state index is 0.116. The first-order valence-corrected chi connectivity index (χ1v) is 11.5. The first kappa shape index (κ1) is 21.3. The van der Waals surface area contributed by atoms with Gasteiger partial charge in [-0.25, -0.2) is 0 Å². The molecule has 2 aromatic carbocycles. The first-order chi connectivity index (χ1) is 16.0. The number of allylic oxidation sites excluding steroid dienone is 4. The fourth-order valence-corrected chi connectivity index (χ4v) is 4.77. The molecule has 0 atom stereocenters. The van der Waals surface area contributed by atoms with Crippen molar-refractivity contribution >= 4 is 28.0 Å². The average Bonchev–Trinajstić information content (AvgIpc) is 2.99. The number of benzene rings is 2. The molecule has 1 aromatic heterocycles. The summed E-state index contributed by atoms with van der Waals surface area (Å²) < 4.78 is 0. The lowest BCUT2D eigenvalue weighted by Crippen LogP contribution is -2.23. The Morgan fingerprint density at radius 1 is 1.12 bits per heavy atom. The SMILES string of the molecule is CC1=CCC2=CCN(Cc3ccc(N=C(C)c4c(O)[nH]c5ccc(N)cc45)cc3)CCC2=C1. The molecule has 0 bridgehead atoms. The van der Waals surface area contributed by atoms with Gasteiger partial charge in [-0.3, -0.25) is 9.89 Å². The molecule has 0 unspecified atom stereocenters. The highest BCUT2D eigenvalue weighted by atomic mass is 16.3. The number of nitrogen functional groups attached to an aromatic ring is 1. The third kappa shape index (κ3) is 4.50. The summed E-state index contributed by atoms with van der Waals surface area (Å²) in [5, 5.41) is 11.3. The Kier molecular flexibility index (Phi) is 5.65. The van der Waals surface area contributed by atoms with Gasteiger partial charge in [0.25, 0.3) is 0 Å². The van der Waals surface area contributed by atoms with Gasteiger partial charge in [0.1, 0.15) is 0 Å². The molecular formula is C28H30N4O. The summed E-state index contributed by atoms with van der Waals surface area (Å²) in [6, 6.07) is 13.9. The summed E-state index contributed by atoms with van der Waals surface area (Å²) in [6.45, 7) is 7.08. The number of nitrogens with two attached hydrogens (primary N) is 1. The smallest absolute Gasteiger partial charge is 0.198 e. The molecule has 168 valence electrons. The Bertz CT molecular complexity index is 1320. The molecule has 0 fully saturated rings. The molecule has 33 heavy (non-hydrogen) atoms. The maximum Gasteiger partial charge on any atom is 0.198 e. The summed E-state index contributed by atoms with van der Waals surface area (Å²) in [7, 11) is 0. The van der Waals surface area contributed by atoms with Crippen LogP contribution in [0.15, 0.2) is 82.4 Å². The lowest BCUT2D eigenvalue weighted by Gasteiger charge is -2.19. The van der Waals surface area contributed by atoms with E-state index in [4.69, 9.17) is 10.7 Å². The number of aromatic hydroxyl groups is 1. The second kappa shape index (κ2) is 8.75. The van der Waals surface area contributed by atoms with Crippen molar-refractivity contribution < 1.29 is 5.11 Å². The van der Waals surface area contributed by atoms with Crippen LogP contribution in [0.1, 0.15) is 37.8 Å². The van der Waals surface area contributed by atoms with Crippen LogP contribution in [0, 0.1) is 0 Å². The Labute approximate surface area is 194 Å². The molecule has 3 aromatic rings. The number of H-pyrrole nitrogens is 1. The lowest BCUT2D eigenvalue weighted by molar-refractivity contribution is 0.302.